The molecule has 7 nitrogen and oxygen atoms in total. The van der Waals surface area contributed by atoms with Crippen LogP contribution in [-0.2, 0) is 19.0 Å². The first-order valence-corrected chi connectivity index (χ1v) is 7.44. The van der Waals surface area contributed by atoms with E-state index in [1.165, 1.54) is 0 Å². The average Bonchev–Trinajstić information content (AvgIpc) is 2.40. The molecular weight excluding hydrogens is 290 g/mol. The minimum Gasteiger partial charge on any atom is -0.481 e. The normalized spacial score (nSPS) is 14.2. The largest absolute Gasteiger partial charge is 0.481 e. The van der Waals surface area contributed by atoms with Gasteiger partial charge in [0, 0.05) is 20.3 Å². The van der Waals surface area contributed by atoms with Crippen LogP contribution < -0.4 is 5.32 Å². The van der Waals surface area contributed by atoms with Gasteiger partial charge < -0.3 is 24.6 Å². The molecule has 0 aliphatic carbocycles. The Morgan fingerprint density at radius 3 is 2.23 bits per heavy atom. The average molecular weight is 319 g/mol. The Balaban J connectivity index is 4.49. The molecule has 1 atom stereocenters. The highest BCUT2D eigenvalue weighted by molar-refractivity contribution is 5.76. The molecule has 1 amide bonds. The van der Waals surface area contributed by atoms with Crippen molar-refractivity contribution >= 4 is 12.1 Å². The van der Waals surface area contributed by atoms with Crippen molar-refractivity contribution in [2.45, 2.75) is 46.1 Å². The van der Waals surface area contributed by atoms with Gasteiger partial charge in [0.15, 0.2) is 0 Å². The molecule has 22 heavy (non-hydrogen) atoms. The van der Waals surface area contributed by atoms with Crippen LogP contribution in [0.25, 0.3) is 0 Å². The molecule has 0 heterocycles. The zero-order valence-electron chi connectivity index (χ0n) is 14.2. The Morgan fingerprint density at radius 2 is 1.77 bits per heavy atom. The predicted octanol–water partition coefficient (Wildman–Crippen LogP) is 2.05. The Hall–Kier alpha value is -1.34. The van der Waals surface area contributed by atoms with Crippen molar-refractivity contribution in [2.24, 2.45) is 5.41 Å². The summed E-state index contributed by atoms with van der Waals surface area (Å²) in [6.45, 7) is 8.19. The van der Waals surface area contributed by atoms with Crippen molar-refractivity contribution in [3.63, 3.8) is 0 Å². The summed E-state index contributed by atoms with van der Waals surface area (Å²) in [7, 11) is 1.57. The fraction of sp³-hybridized carbons (Fsp3) is 0.867. The van der Waals surface area contributed by atoms with Crippen LogP contribution in [0.1, 0.15) is 40.5 Å². The highest BCUT2D eigenvalue weighted by Gasteiger charge is 2.37. The van der Waals surface area contributed by atoms with Gasteiger partial charge in [0.1, 0.15) is 5.60 Å². The van der Waals surface area contributed by atoms with Gasteiger partial charge >= 0.3 is 12.1 Å². The number of ether oxygens (including phenoxy) is 3. The van der Waals surface area contributed by atoms with Crippen molar-refractivity contribution < 1.29 is 28.9 Å². The number of carboxylic acids is 1. The zero-order valence-corrected chi connectivity index (χ0v) is 14.2. The van der Waals surface area contributed by atoms with Crippen LogP contribution in [0.2, 0.25) is 0 Å². The van der Waals surface area contributed by atoms with Crippen LogP contribution >= 0.6 is 0 Å². The molecule has 0 aliphatic heterocycles. The van der Waals surface area contributed by atoms with E-state index in [2.05, 4.69) is 5.32 Å². The molecule has 0 bridgehead atoms. The summed E-state index contributed by atoms with van der Waals surface area (Å²) in [6.07, 6.45) is 0.0660. The number of nitrogens with one attached hydrogen (secondary N) is 1. The topological polar surface area (TPSA) is 94.1 Å². The summed E-state index contributed by atoms with van der Waals surface area (Å²) in [6, 6.07) is 0. The number of rotatable bonds is 10. The number of carbonyl (C=O) groups excluding carboxylic acids is 1. The van der Waals surface area contributed by atoms with Gasteiger partial charge in [-0.15, -0.1) is 0 Å². The summed E-state index contributed by atoms with van der Waals surface area (Å²) in [4.78, 5) is 23.3. The lowest BCUT2D eigenvalue weighted by molar-refractivity contribution is -0.150. The van der Waals surface area contributed by atoms with Crippen molar-refractivity contribution in [1.82, 2.24) is 5.32 Å². The summed E-state index contributed by atoms with van der Waals surface area (Å²) in [5, 5.41) is 12.0. The Labute approximate surface area is 132 Å². The van der Waals surface area contributed by atoms with E-state index in [1.54, 1.807) is 34.8 Å². The zero-order chi connectivity index (χ0) is 17.2. The van der Waals surface area contributed by atoms with Crippen molar-refractivity contribution in [3.05, 3.63) is 0 Å². The van der Waals surface area contributed by atoms with E-state index in [4.69, 9.17) is 14.2 Å². The van der Waals surface area contributed by atoms with Crippen LogP contribution in [0.3, 0.4) is 0 Å². The number of alkyl carbamates (subject to hydrolysis) is 1. The second-order valence-electron chi connectivity index (χ2n) is 6.15. The molecule has 0 aromatic heterocycles. The maximum Gasteiger partial charge on any atom is 0.407 e. The minimum atomic E-state index is -1.07. The van der Waals surface area contributed by atoms with E-state index >= 15 is 0 Å². The van der Waals surface area contributed by atoms with Crippen molar-refractivity contribution in [3.8, 4) is 0 Å². The van der Waals surface area contributed by atoms with Gasteiger partial charge in [0.2, 0.25) is 0 Å². The number of carboxylic acid groups (broad SMARTS) is 1. The first kappa shape index (κ1) is 20.7. The van der Waals surface area contributed by atoms with Crippen molar-refractivity contribution in [1.29, 1.82) is 0 Å². The van der Waals surface area contributed by atoms with E-state index < -0.39 is 23.1 Å². The highest BCUT2D eigenvalue weighted by atomic mass is 16.6. The van der Waals surface area contributed by atoms with Gasteiger partial charge in [-0.2, -0.15) is 0 Å². The van der Waals surface area contributed by atoms with E-state index in [9.17, 15) is 14.7 Å². The van der Waals surface area contributed by atoms with Gasteiger partial charge in [-0.3, -0.25) is 4.79 Å². The minimum absolute atomic E-state index is 0.00137. The summed E-state index contributed by atoms with van der Waals surface area (Å²) in [5.41, 5.74) is -1.69. The molecule has 0 rings (SSSR count). The number of amides is 1. The molecule has 1 unspecified atom stereocenters. The number of carbonyl (C=O) groups is 2. The van der Waals surface area contributed by atoms with E-state index in [0.717, 1.165) is 0 Å². The SMILES string of the molecule is CCC(CCOCCOC)(CNC(=O)OC(C)(C)C)C(=O)O. The first-order chi connectivity index (χ1) is 10.2. The molecule has 0 fully saturated rings. The number of methoxy groups -OCH3 is 1. The van der Waals surface area contributed by atoms with Crippen LogP contribution in [0, 0.1) is 5.41 Å². The van der Waals surface area contributed by atoms with Gasteiger partial charge in [0.05, 0.1) is 18.6 Å². The van der Waals surface area contributed by atoms with Gasteiger partial charge in [-0.05, 0) is 33.6 Å². The van der Waals surface area contributed by atoms with E-state index in [1.807, 2.05) is 0 Å². The fourth-order valence-electron chi connectivity index (χ4n) is 1.79. The molecule has 0 radical (unpaired) electrons. The van der Waals surface area contributed by atoms with Crippen LogP contribution in [0.15, 0.2) is 0 Å². The maximum absolute atomic E-state index is 11.7. The molecule has 0 aromatic rings. The third-order valence-corrected chi connectivity index (χ3v) is 3.26. The fourth-order valence-corrected chi connectivity index (χ4v) is 1.79. The lowest BCUT2D eigenvalue weighted by Gasteiger charge is -2.29. The molecule has 0 saturated carbocycles. The molecule has 0 spiro atoms. The highest BCUT2D eigenvalue weighted by Crippen LogP contribution is 2.26. The molecule has 0 aliphatic rings. The van der Waals surface area contributed by atoms with Gasteiger partial charge in [-0.1, -0.05) is 6.92 Å². The third-order valence-electron chi connectivity index (χ3n) is 3.26. The lowest BCUT2D eigenvalue weighted by atomic mass is 9.82. The van der Waals surface area contributed by atoms with Crippen LogP contribution in [-0.4, -0.2) is 56.2 Å². The number of aliphatic carboxylic acids is 1. The molecule has 0 saturated heterocycles. The Bertz CT molecular complexity index is 352. The second-order valence-corrected chi connectivity index (χ2v) is 6.15. The smallest absolute Gasteiger partial charge is 0.407 e. The Kier molecular flexibility index (Phi) is 9.04. The number of hydrogen-bond donors (Lipinski definition) is 2. The molecule has 0 aromatic carbocycles. The standard InChI is InChI=1S/C15H29NO6/c1-6-15(12(17)18,7-8-21-10-9-20-5)11-16-13(19)22-14(2,3)4/h6-11H2,1-5H3,(H,16,19)(H,17,18). The van der Waals surface area contributed by atoms with Crippen LogP contribution in [0.5, 0.6) is 0 Å². The predicted molar refractivity (Wildman–Crippen MR) is 81.9 cm³/mol. The van der Waals surface area contributed by atoms with Gasteiger partial charge in [-0.25, -0.2) is 4.79 Å². The van der Waals surface area contributed by atoms with E-state index in [-0.39, 0.29) is 6.54 Å². The van der Waals surface area contributed by atoms with Crippen molar-refractivity contribution in [2.75, 3.05) is 33.5 Å². The van der Waals surface area contributed by atoms with E-state index in [0.29, 0.717) is 32.7 Å². The second kappa shape index (κ2) is 9.63. The quantitative estimate of drug-likeness (QED) is 0.599. The summed E-state index contributed by atoms with van der Waals surface area (Å²) in [5.74, 6) is -0.957. The molecular formula is C15H29NO6. The van der Waals surface area contributed by atoms with Crippen LogP contribution in [0.4, 0.5) is 4.79 Å². The molecule has 7 heteroatoms. The molecule has 130 valence electrons. The third kappa shape index (κ3) is 8.19. The lowest BCUT2D eigenvalue weighted by Crippen LogP contribution is -2.45. The summed E-state index contributed by atoms with van der Waals surface area (Å²) >= 11 is 0. The first-order valence-electron chi connectivity index (χ1n) is 7.44. The summed E-state index contributed by atoms with van der Waals surface area (Å²) < 4.78 is 15.3. The maximum atomic E-state index is 11.7. The molecule has 2 N–H and O–H groups in total. The monoisotopic (exact) mass is 319 g/mol. The van der Waals surface area contributed by atoms with Gasteiger partial charge in [0.25, 0.3) is 0 Å². The Morgan fingerprint density at radius 1 is 1.14 bits per heavy atom. The number of hydrogen-bond acceptors (Lipinski definition) is 5.